The Bertz CT molecular complexity index is 676. The molecule has 110 valence electrons. The van der Waals surface area contributed by atoms with Gasteiger partial charge in [-0.05, 0) is 47.9 Å². The summed E-state index contributed by atoms with van der Waals surface area (Å²) in [6.07, 6.45) is 1.13. The molecular formula is C16H16ClNO2S. The predicted octanol–water partition coefficient (Wildman–Crippen LogP) is 4.73. The van der Waals surface area contributed by atoms with Gasteiger partial charge in [0.1, 0.15) is 0 Å². The number of carbonyl (C=O) groups is 1. The number of likely N-dealkylation sites (tertiary alicyclic amines) is 1. The molecule has 0 bridgehead atoms. The first kappa shape index (κ1) is 14.5. The molecule has 0 unspecified atom stereocenters. The molecule has 0 radical (unpaired) electrons. The maximum Gasteiger partial charge on any atom is 0.407 e. The molecule has 1 heterocycles. The van der Waals surface area contributed by atoms with Crippen LogP contribution in [0.25, 0.3) is 10.8 Å². The Morgan fingerprint density at radius 2 is 2.05 bits per heavy atom. The van der Waals surface area contributed by atoms with Gasteiger partial charge in [0.15, 0.2) is 0 Å². The Balaban J connectivity index is 1.70. The second-order valence-electron chi connectivity index (χ2n) is 5.24. The van der Waals surface area contributed by atoms with Crippen molar-refractivity contribution < 1.29 is 9.90 Å². The summed E-state index contributed by atoms with van der Waals surface area (Å²) in [5.74, 6) is 0.811. The fourth-order valence-electron chi connectivity index (χ4n) is 2.74. The number of carboxylic acid groups (broad SMARTS) is 1. The van der Waals surface area contributed by atoms with E-state index < -0.39 is 6.09 Å². The van der Waals surface area contributed by atoms with Crippen LogP contribution < -0.4 is 0 Å². The van der Waals surface area contributed by atoms with Crippen LogP contribution in [0.3, 0.4) is 0 Å². The Kier molecular flexibility index (Phi) is 4.27. The van der Waals surface area contributed by atoms with E-state index in [2.05, 4.69) is 18.2 Å². The van der Waals surface area contributed by atoms with Crippen LogP contribution in [0.5, 0.6) is 0 Å². The van der Waals surface area contributed by atoms with Gasteiger partial charge in [-0.1, -0.05) is 23.7 Å². The molecule has 2 aromatic carbocycles. The van der Waals surface area contributed by atoms with Crippen LogP contribution >= 0.6 is 23.4 Å². The fraction of sp³-hybridized carbons (Fsp3) is 0.312. The van der Waals surface area contributed by atoms with Crippen molar-refractivity contribution >= 4 is 40.2 Å². The van der Waals surface area contributed by atoms with Gasteiger partial charge in [0.05, 0.1) is 0 Å². The van der Waals surface area contributed by atoms with Gasteiger partial charge in [0, 0.05) is 28.3 Å². The minimum Gasteiger partial charge on any atom is -0.465 e. The number of benzene rings is 2. The molecule has 3 nitrogen and oxygen atoms in total. The summed E-state index contributed by atoms with van der Waals surface area (Å²) in [7, 11) is 0. The number of fused-ring (bicyclic) bond motifs is 1. The third kappa shape index (κ3) is 3.27. The summed E-state index contributed by atoms with van der Waals surface area (Å²) in [5.41, 5.74) is 0. The lowest BCUT2D eigenvalue weighted by atomic mass is 10.1. The number of amides is 1. The minimum absolute atomic E-state index is 0.133. The van der Waals surface area contributed by atoms with E-state index in [4.69, 9.17) is 16.7 Å². The average molecular weight is 322 g/mol. The highest BCUT2D eigenvalue weighted by atomic mass is 35.5. The van der Waals surface area contributed by atoms with Crippen molar-refractivity contribution in [3.05, 3.63) is 41.4 Å². The van der Waals surface area contributed by atoms with Crippen LogP contribution in [0.2, 0.25) is 5.02 Å². The van der Waals surface area contributed by atoms with E-state index >= 15 is 0 Å². The van der Waals surface area contributed by atoms with Gasteiger partial charge in [-0.3, -0.25) is 0 Å². The number of rotatable bonds is 3. The SMILES string of the molecule is O=C(O)N1CCC[C@@H]1CSc1ccc2cc(Cl)ccc2c1. The summed E-state index contributed by atoms with van der Waals surface area (Å²) < 4.78 is 0. The highest BCUT2D eigenvalue weighted by molar-refractivity contribution is 7.99. The molecule has 0 aliphatic carbocycles. The topological polar surface area (TPSA) is 40.5 Å². The lowest BCUT2D eigenvalue weighted by Gasteiger charge is -2.21. The van der Waals surface area contributed by atoms with Crippen LogP contribution in [0, 0.1) is 0 Å². The maximum atomic E-state index is 11.1. The molecule has 3 rings (SSSR count). The van der Waals surface area contributed by atoms with E-state index in [9.17, 15) is 4.79 Å². The number of nitrogens with zero attached hydrogens (tertiary/aromatic N) is 1. The Labute approximate surface area is 132 Å². The smallest absolute Gasteiger partial charge is 0.407 e. The largest absolute Gasteiger partial charge is 0.465 e. The quantitative estimate of drug-likeness (QED) is 0.831. The zero-order chi connectivity index (χ0) is 14.8. The van der Waals surface area contributed by atoms with E-state index in [1.165, 1.54) is 4.90 Å². The normalized spacial score (nSPS) is 18.3. The van der Waals surface area contributed by atoms with E-state index in [-0.39, 0.29) is 6.04 Å². The third-order valence-electron chi connectivity index (χ3n) is 3.84. The molecule has 0 aromatic heterocycles. The highest BCUT2D eigenvalue weighted by Crippen LogP contribution is 2.29. The van der Waals surface area contributed by atoms with Crippen molar-refractivity contribution in [3.8, 4) is 0 Å². The molecule has 1 fully saturated rings. The molecule has 5 heteroatoms. The molecule has 0 spiro atoms. The van der Waals surface area contributed by atoms with Crippen LogP contribution in [0.4, 0.5) is 4.79 Å². The summed E-state index contributed by atoms with van der Waals surface area (Å²) in [6.45, 7) is 0.663. The first-order valence-electron chi connectivity index (χ1n) is 6.95. The molecule has 1 N–H and O–H groups in total. The van der Waals surface area contributed by atoms with Crippen molar-refractivity contribution in [3.63, 3.8) is 0 Å². The van der Waals surface area contributed by atoms with Crippen LogP contribution in [0.1, 0.15) is 12.8 Å². The van der Waals surface area contributed by atoms with Gasteiger partial charge in [-0.25, -0.2) is 4.79 Å². The molecule has 1 saturated heterocycles. The van der Waals surface area contributed by atoms with Crippen molar-refractivity contribution in [2.45, 2.75) is 23.8 Å². The summed E-state index contributed by atoms with van der Waals surface area (Å²) >= 11 is 7.70. The first-order valence-corrected chi connectivity index (χ1v) is 8.31. The van der Waals surface area contributed by atoms with Gasteiger partial charge in [0.2, 0.25) is 0 Å². The molecule has 2 aromatic rings. The molecule has 1 aliphatic heterocycles. The molecule has 1 atom stereocenters. The van der Waals surface area contributed by atoms with E-state index in [0.29, 0.717) is 6.54 Å². The van der Waals surface area contributed by atoms with E-state index in [0.717, 1.165) is 34.4 Å². The molecule has 21 heavy (non-hydrogen) atoms. The van der Waals surface area contributed by atoms with Crippen molar-refractivity contribution in [1.29, 1.82) is 0 Å². The summed E-state index contributed by atoms with van der Waals surface area (Å²) in [4.78, 5) is 13.9. The zero-order valence-electron chi connectivity index (χ0n) is 11.5. The predicted molar refractivity (Wildman–Crippen MR) is 87.4 cm³/mol. The standard InChI is InChI=1S/C16H16ClNO2S/c17-13-5-3-12-9-15(6-4-11(12)8-13)21-10-14-2-1-7-18(14)16(19)20/h3-6,8-9,14H,1-2,7,10H2,(H,19,20)/t14-/m1/s1. The second-order valence-corrected chi connectivity index (χ2v) is 6.77. The van der Waals surface area contributed by atoms with Crippen molar-refractivity contribution in [2.75, 3.05) is 12.3 Å². The Morgan fingerprint density at radius 3 is 2.86 bits per heavy atom. The van der Waals surface area contributed by atoms with E-state index in [1.807, 2.05) is 18.2 Å². The average Bonchev–Trinajstić information content (AvgIpc) is 2.93. The lowest BCUT2D eigenvalue weighted by molar-refractivity contribution is 0.144. The van der Waals surface area contributed by atoms with Crippen LogP contribution in [0.15, 0.2) is 41.3 Å². The van der Waals surface area contributed by atoms with Crippen molar-refractivity contribution in [2.24, 2.45) is 0 Å². The van der Waals surface area contributed by atoms with Gasteiger partial charge in [-0.15, -0.1) is 11.8 Å². The number of halogens is 1. The summed E-state index contributed by atoms with van der Waals surface area (Å²) in [5, 5.41) is 12.2. The zero-order valence-corrected chi connectivity index (χ0v) is 13.0. The number of hydrogen-bond acceptors (Lipinski definition) is 2. The first-order chi connectivity index (χ1) is 10.1. The van der Waals surface area contributed by atoms with Gasteiger partial charge < -0.3 is 10.0 Å². The molecule has 1 amide bonds. The Hall–Kier alpha value is -1.39. The van der Waals surface area contributed by atoms with Crippen LogP contribution in [-0.4, -0.2) is 34.4 Å². The van der Waals surface area contributed by atoms with Gasteiger partial charge >= 0.3 is 6.09 Å². The molecule has 1 aliphatic rings. The fourth-order valence-corrected chi connectivity index (χ4v) is 4.02. The monoisotopic (exact) mass is 321 g/mol. The third-order valence-corrected chi connectivity index (χ3v) is 5.21. The number of hydrogen-bond donors (Lipinski definition) is 1. The highest BCUT2D eigenvalue weighted by Gasteiger charge is 2.28. The van der Waals surface area contributed by atoms with E-state index in [1.54, 1.807) is 16.7 Å². The molecule has 0 saturated carbocycles. The number of thioether (sulfide) groups is 1. The van der Waals surface area contributed by atoms with Crippen molar-refractivity contribution in [1.82, 2.24) is 4.90 Å². The van der Waals surface area contributed by atoms with Gasteiger partial charge in [-0.2, -0.15) is 0 Å². The lowest BCUT2D eigenvalue weighted by Crippen LogP contribution is -2.35. The summed E-state index contributed by atoms with van der Waals surface area (Å²) in [6, 6.07) is 12.3. The Morgan fingerprint density at radius 1 is 1.29 bits per heavy atom. The minimum atomic E-state index is -0.800. The second kappa shape index (κ2) is 6.16. The van der Waals surface area contributed by atoms with Crippen LogP contribution in [-0.2, 0) is 0 Å². The van der Waals surface area contributed by atoms with Gasteiger partial charge in [0.25, 0.3) is 0 Å². The maximum absolute atomic E-state index is 11.1. The molecular weight excluding hydrogens is 306 g/mol.